The van der Waals surface area contributed by atoms with Crippen molar-refractivity contribution in [3.63, 3.8) is 0 Å². The summed E-state index contributed by atoms with van der Waals surface area (Å²) < 4.78 is 51.4. The second-order valence-corrected chi connectivity index (χ2v) is 6.43. The lowest BCUT2D eigenvalue weighted by atomic mass is 9.86. The Balaban J connectivity index is 1.96. The molecule has 1 fully saturated rings. The number of nitrogens with one attached hydrogen (secondary N) is 2. The van der Waals surface area contributed by atoms with E-state index in [2.05, 4.69) is 10.6 Å². The summed E-state index contributed by atoms with van der Waals surface area (Å²) in [6.45, 7) is 0. The Labute approximate surface area is 147 Å². The highest BCUT2D eigenvalue weighted by atomic mass is 19.4. The minimum Gasteiger partial charge on any atom is -0.481 e. The number of carboxylic acid groups (broad SMARTS) is 1. The lowest BCUT2D eigenvalue weighted by molar-refractivity contribution is -0.143. The van der Waals surface area contributed by atoms with Crippen molar-refractivity contribution in [2.24, 2.45) is 5.92 Å². The maximum atomic E-state index is 13.0. The van der Waals surface area contributed by atoms with Crippen LogP contribution in [0.25, 0.3) is 0 Å². The van der Waals surface area contributed by atoms with Gasteiger partial charge >= 0.3 is 18.2 Å². The predicted octanol–water partition coefficient (Wildman–Crippen LogP) is 3.76. The quantitative estimate of drug-likeness (QED) is 0.685. The molecule has 2 amide bonds. The molecule has 0 heterocycles. The van der Waals surface area contributed by atoms with E-state index in [1.807, 2.05) is 0 Å². The highest BCUT2D eigenvalue weighted by Gasteiger charge is 2.34. The van der Waals surface area contributed by atoms with Gasteiger partial charge in [0.05, 0.1) is 18.4 Å². The van der Waals surface area contributed by atoms with Crippen LogP contribution in [0.4, 0.5) is 22.4 Å². The fourth-order valence-electron chi connectivity index (χ4n) is 3.05. The number of amides is 2. The highest BCUT2D eigenvalue weighted by Crippen LogP contribution is 2.30. The van der Waals surface area contributed by atoms with E-state index in [0.29, 0.717) is 25.7 Å². The van der Waals surface area contributed by atoms with E-state index in [4.69, 9.17) is 5.11 Å². The molecule has 0 saturated heterocycles. The minimum absolute atomic E-state index is 0.147. The average Bonchev–Trinajstić information content (AvgIpc) is 2.54. The Morgan fingerprint density at radius 1 is 1.12 bits per heavy atom. The van der Waals surface area contributed by atoms with E-state index in [-0.39, 0.29) is 11.6 Å². The summed E-state index contributed by atoms with van der Waals surface area (Å²) >= 11 is 0. The van der Waals surface area contributed by atoms with Gasteiger partial charge in [-0.3, -0.25) is 4.79 Å². The number of carboxylic acids is 1. The van der Waals surface area contributed by atoms with E-state index < -0.39 is 42.4 Å². The van der Waals surface area contributed by atoms with Crippen molar-refractivity contribution in [1.82, 2.24) is 10.6 Å². The van der Waals surface area contributed by atoms with E-state index in [9.17, 15) is 27.2 Å². The summed E-state index contributed by atoms with van der Waals surface area (Å²) in [6, 6.07) is 2.07. The number of carbonyl (C=O) groups is 2. The largest absolute Gasteiger partial charge is 0.481 e. The average molecular weight is 376 g/mol. The molecule has 2 rings (SSSR count). The minimum atomic E-state index is -4.51. The van der Waals surface area contributed by atoms with Crippen LogP contribution in [0.2, 0.25) is 0 Å². The van der Waals surface area contributed by atoms with Crippen LogP contribution >= 0.6 is 0 Å². The van der Waals surface area contributed by atoms with Gasteiger partial charge in [-0.15, -0.1) is 0 Å². The molecule has 0 bridgehead atoms. The van der Waals surface area contributed by atoms with Crippen LogP contribution in [0.5, 0.6) is 0 Å². The highest BCUT2D eigenvalue weighted by molar-refractivity contribution is 5.75. The molecule has 144 valence electrons. The molecule has 1 atom stereocenters. The third-order valence-corrected chi connectivity index (χ3v) is 4.42. The molecule has 0 aliphatic heterocycles. The van der Waals surface area contributed by atoms with Gasteiger partial charge in [-0.2, -0.15) is 13.2 Å². The normalized spacial score (nSPS) is 21.7. The van der Waals surface area contributed by atoms with Gasteiger partial charge in [-0.25, -0.2) is 9.18 Å². The molecule has 0 spiro atoms. The van der Waals surface area contributed by atoms with Gasteiger partial charge < -0.3 is 15.7 Å². The molecule has 26 heavy (non-hydrogen) atoms. The molecule has 3 N–H and O–H groups in total. The zero-order valence-corrected chi connectivity index (χ0v) is 13.9. The van der Waals surface area contributed by atoms with E-state index in [1.54, 1.807) is 0 Å². The molecule has 0 radical (unpaired) electrons. The Kier molecular flexibility index (Phi) is 6.44. The third kappa shape index (κ3) is 6.20. The fourth-order valence-corrected chi connectivity index (χ4v) is 3.05. The van der Waals surface area contributed by atoms with Gasteiger partial charge in [0.2, 0.25) is 0 Å². The summed E-state index contributed by atoms with van der Waals surface area (Å²) in [5.41, 5.74) is 0.147. The second kappa shape index (κ2) is 8.37. The number of alkyl halides is 3. The number of benzene rings is 1. The summed E-state index contributed by atoms with van der Waals surface area (Å²) in [5, 5.41) is 13.8. The Hall–Kier alpha value is -2.32. The summed E-state index contributed by atoms with van der Waals surface area (Å²) in [6.07, 6.45) is -4.08. The number of hydrogen-bond donors (Lipinski definition) is 3. The van der Waals surface area contributed by atoms with Crippen LogP contribution in [-0.4, -0.2) is 29.3 Å². The van der Waals surface area contributed by atoms with Crippen LogP contribution in [0.15, 0.2) is 24.3 Å². The summed E-state index contributed by atoms with van der Waals surface area (Å²) in [7, 11) is 0. The number of hydrogen-bond acceptors (Lipinski definition) is 2. The van der Waals surface area contributed by atoms with Crippen molar-refractivity contribution in [1.29, 1.82) is 0 Å². The van der Waals surface area contributed by atoms with Gasteiger partial charge in [0, 0.05) is 6.04 Å². The molecule has 1 saturated carbocycles. The smallest absolute Gasteiger partial charge is 0.391 e. The first kappa shape index (κ1) is 20.0. The summed E-state index contributed by atoms with van der Waals surface area (Å²) in [4.78, 5) is 23.0. The van der Waals surface area contributed by atoms with Crippen molar-refractivity contribution >= 4 is 12.0 Å². The first-order valence-corrected chi connectivity index (χ1v) is 8.26. The third-order valence-electron chi connectivity index (χ3n) is 4.42. The van der Waals surface area contributed by atoms with E-state index in [1.165, 1.54) is 12.1 Å². The van der Waals surface area contributed by atoms with Crippen molar-refractivity contribution < 1.29 is 32.3 Å². The number of carbonyl (C=O) groups excluding carboxylic acids is 1. The Bertz CT molecular complexity index is 626. The molecule has 1 unspecified atom stereocenters. The number of aliphatic carboxylic acids is 1. The molecule has 1 aromatic carbocycles. The van der Waals surface area contributed by atoms with Gasteiger partial charge in [0.25, 0.3) is 0 Å². The van der Waals surface area contributed by atoms with Crippen LogP contribution < -0.4 is 10.6 Å². The second-order valence-electron chi connectivity index (χ2n) is 6.43. The monoisotopic (exact) mass is 376 g/mol. The van der Waals surface area contributed by atoms with Crippen molar-refractivity contribution in [2.45, 2.75) is 50.4 Å². The van der Waals surface area contributed by atoms with E-state index >= 15 is 0 Å². The zero-order chi connectivity index (χ0) is 19.3. The van der Waals surface area contributed by atoms with E-state index in [0.717, 1.165) is 12.1 Å². The van der Waals surface area contributed by atoms with Gasteiger partial charge in [-0.05, 0) is 43.4 Å². The number of rotatable bonds is 5. The van der Waals surface area contributed by atoms with Crippen molar-refractivity contribution in [2.75, 3.05) is 0 Å². The van der Waals surface area contributed by atoms with Crippen LogP contribution in [0.1, 0.15) is 43.7 Å². The van der Waals surface area contributed by atoms with Crippen LogP contribution in [0.3, 0.4) is 0 Å². The van der Waals surface area contributed by atoms with Gasteiger partial charge in [0.15, 0.2) is 0 Å². The standard InChI is InChI=1S/C17H20F4N2O3/c18-12-5-1-10(2-6-12)14(9-17(19,20)21)23-16(26)22-13-7-3-11(4-8-13)15(24)25/h1-2,5-6,11,13-14H,3-4,7-9H2,(H,24,25)(H2,22,23,26). The molecule has 1 aromatic rings. The fraction of sp³-hybridized carbons (Fsp3) is 0.529. The lowest BCUT2D eigenvalue weighted by Gasteiger charge is -2.28. The van der Waals surface area contributed by atoms with Crippen LogP contribution in [-0.2, 0) is 4.79 Å². The zero-order valence-electron chi connectivity index (χ0n) is 13.9. The molecule has 5 nitrogen and oxygen atoms in total. The van der Waals surface area contributed by atoms with Gasteiger partial charge in [-0.1, -0.05) is 12.1 Å². The number of halogens is 4. The van der Waals surface area contributed by atoms with Crippen molar-refractivity contribution in [3.05, 3.63) is 35.6 Å². The molecule has 1 aliphatic rings. The van der Waals surface area contributed by atoms with Crippen molar-refractivity contribution in [3.8, 4) is 0 Å². The van der Waals surface area contributed by atoms with Crippen LogP contribution in [0, 0.1) is 11.7 Å². The topological polar surface area (TPSA) is 78.4 Å². The molecule has 9 heteroatoms. The Morgan fingerprint density at radius 3 is 2.19 bits per heavy atom. The predicted molar refractivity (Wildman–Crippen MR) is 84.9 cm³/mol. The first-order chi connectivity index (χ1) is 12.1. The Morgan fingerprint density at radius 2 is 1.69 bits per heavy atom. The summed E-state index contributed by atoms with van der Waals surface area (Å²) in [5.74, 6) is -1.91. The first-order valence-electron chi connectivity index (χ1n) is 8.26. The molecular formula is C17H20F4N2O3. The number of urea groups is 1. The van der Waals surface area contributed by atoms with Gasteiger partial charge in [0.1, 0.15) is 5.82 Å². The molecule has 0 aromatic heterocycles. The SMILES string of the molecule is O=C(NC1CCC(C(=O)O)CC1)NC(CC(F)(F)F)c1ccc(F)cc1. The molecule has 1 aliphatic carbocycles. The maximum absolute atomic E-state index is 13.0. The lowest BCUT2D eigenvalue weighted by Crippen LogP contribution is -2.45. The maximum Gasteiger partial charge on any atom is 0.391 e. The molecular weight excluding hydrogens is 356 g/mol.